The van der Waals surface area contributed by atoms with Crippen molar-refractivity contribution in [3.63, 3.8) is 0 Å². The van der Waals surface area contributed by atoms with Crippen LogP contribution in [0.15, 0.2) is 65.7 Å². The zero-order chi connectivity index (χ0) is 13.5. The second-order valence-corrected chi connectivity index (χ2v) is 4.89. The molecule has 0 aliphatic carbocycles. The van der Waals surface area contributed by atoms with Crippen molar-refractivity contribution >= 4 is 28.3 Å². The minimum atomic E-state index is 0.102. The lowest BCUT2D eigenvalue weighted by molar-refractivity contribution is 0.100. The molecule has 2 nitrogen and oxygen atoms in total. The Bertz CT molecular complexity index is 564. The zero-order valence-electron chi connectivity index (χ0n) is 10.7. The van der Waals surface area contributed by atoms with Gasteiger partial charge in [-0.25, -0.2) is 4.99 Å². The van der Waals surface area contributed by atoms with Gasteiger partial charge in [0.1, 0.15) is 0 Å². The van der Waals surface area contributed by atoms with Crippen LogP contribution in [-0.4, -0.2) is 17.1 Å². The van der Waals surface area contributed by atoms with Crippen molar-refractivity contribution in [2.45, 2.75) is 6.42 Å². The molecule has 0 spiro atoms. The average molecular weight is 269 g/mol. The SMILES string of the molecule is CSC(CC(=O)c1ccccc1)=Nc1ccccc1. The number of Topliss-reactive ketones (excluding diaryl/α,β-unsaturated/α-hetero) is 1. The summed E-state index contributed by atoms with van der Waals surface area (Å²) in [5.41, 5.74) is 1.62. The molecule has 3 heteroatoms. The molecule has 96 valence electrons. The molecular weight excluding hydrogens is 254 g/mol. The van der Waals surface area contributed by atoms with E-state index in [1.807, 2.05) is 66.9 Å². The minimum Gasteiger partial charge on any atom is -0.294 e. The molecule has 0 fully saturated rings. The van der Waals surface area contributed by atoms with E-state index in [0.29, 0.717) is 6.42 Å². The number of rotatable bonds is 4. The van der Waals surface area contributed by atoms with Crippen molar-refractivity contribution in [2.75, 3.05) is 6.26 Å². The van der Waals surface area contributed by atoms with Crippen LogP contribution in [0.25, 0.3) is 0 Å². The van der Waals surface area contributed by atoms with Gasteiger partial charge >= 0.3 is 0 Å². The van der Waals surface area contributed by atoms with E-state index in [9.17, 15) is 4.79 Å². The van der Waals surface area contributed by atoms with E-state index in [0.717, 1.165) is 16.3 Å². The van der Waals surface area contributed by atoms with Crippen LogP contribution < -0.4 is 0 Å². The van der Waals surface area contributed by atoms with E-state index in [-0.39, 0.29) is 5.78 Å². The molecule has 2 aromatic rings. The van der Waals surface area contributed by atoms with Crippen LogP contribution in [0.5, 0.6) is 0 Å². The first-order chi connectivity index (χ1) is 9.29. The van der Waals surface area contributed by atoms with Crippen LogP contribution in [0, 0.1) is 0 Å². The predicted molar refractivity (Wildman–Crippen MR) is 82.4 cm³/mol. The van der Waals surface area contributed by atoms with Gasteiger partial charge < -0.3 is 0 Å². The zero-order valence-corrected chi connectivity index (χ0v) is 11.6. The Kier molecular flexibility index (Phi) is 4.93. The van der Waals surface area contributed by atoms with Crippen LogP contribution >= 0.6 is 11.8 Å². The Morgan fingerprint density at radius 1 is 1.00 bits per heavy atom. The molecule has 0 aliphatic rings. The summed E-state index contributed by atoms with van der Waals surface area (Å²) in [5.74, 6) is 0.102. The summed E-state index contributed by atoms with van der Waals surface area (Å²) in [5, 5.41) is 0.833. The number of para-hydroxylation sites is 1. The molecule has 0 aromatic heterocycles. The maximum Gasteiger partial charge on any atom is 0.169 e. The quantitative estimate of drug-likeness (QED) is 0.469. The molecule has 0 atom stereocenters. The standard InChI is InChI=1S/C16H15NOS/c1-19-16(17-14-10-6-3-7-11-14)12-15(18)13-8-4-2-5-9-13/h2-11H,12H2,1H3. The Balaban J connectivity index is 2.12. The smallest absolute Gasteiger partial charge is 0.169 e. The summed E-state index contributed by atoms with van der Waals surface area (Å²) in [7, 11) is 0. The molecule has 0 heterocycles. The van der Waals surface area contributed by atoms with Crippen LogP contribution in [0.4, 0.5) is 5.69 Å². The van der Waals surface area contributed by atoms with Crippen LogP contribution in [-0.2, 0) is 0 Å². The number of aliphatic imine (C=N–C) groups is 1. The van der Waals surface area contributed by atoms with Gasteiger partial charge in [-0.15, -0.1) is 11.8 Å². The number of hydrogen-bond acceptors (Lipinski definition) is 3. The maximum absolute atomic E-state index is 12.1. The summed E-state index contributed by atoms with van der Waals surface area (Å²) in [6.07, 6.45) is 2.29. The molecule has 0 radical (unpaired) electrons. The van der Waals surface area contributed by atoms with Crippen molar-refractivity contribution in [1.82, 2.24) is 0 Å². The first-order valence-corrected chi connectivity index (χ1v) is 7.27. The molecule has 0 aliphatic heterocycles. The van der Waals surface area contributed by atoms with Gasteiger partial charge in [0, 0.05) is 5.56 Å². The molecule has 0 saturated heterocycles. The van der Waals surface area contributed by atoms with Gasteiger partial charge in [0.2, 0.25) is 0 Å². The van der Waals surface area contributed by atoms with E-state index >= 15 is 0 Å². The van der Waals surface area contributed by atoms with Crippen molar-refractivity contribution in [1.29, 1.82) is 0 Å². The van der Waals surface area contributed by atoms with Crippen LogP contribution in [0.3, 0.4) is 0 Å². The van der Waals surface area contributed by atoms with E-state index in [2.05, 4.69) is 4.99 Å². The Morgan fingerprint density at radius 3 is 2.16 bits per heavy atom. The highest BCUT2D eigenvalue weighted by Crippen LogP contribution is 2.16. The number of carbonyl (C=O) groups excluding carboxylic acids is 1. The highest BCUT2D eigenvalue weighted by molar-refractivity contribution is 8.13. The molecule has 0 bridgehead atoms. The van der Waals surface area contributed by atoms with Crippen molar-refractivity contribution < 1.29 is 4.79 Å². The fourth-order valence-electron chi connectivity index (χ4n) is 1.67. The van der Waals surface area contributed by atoms with Crippen molar-refractivity contribution in [3.05, 3.63) is 66.2 Å². The summed E-state index contributed by atoms with van der Waals surface area (Å²) in [4.78, 5) is 16.6. The number of ketones is 1. The fourth-order valence-corrected chi connectivity index (χ4v) is 2.14. The molecule has 19 heavy (non-hydrogen) atoms. The van der Waals surface area contributed by atoms with Crippen LogP contribution in [0.1, 0.15) is 16.8 Å². The highest BCUT2D eigenvalue weighted by Gasteiger charge is 2.09. The fraction of sp³-hybridized carbons (Fsp3) is 0.125. The molecular formula is C16H15NOS. The van der Waals surface area contributed by atoms with E-state index in [1.165, 1.54) is 11.8 Å². The highest BCUT2D eigenvalue weighted by atomic mass is 32.2. The van der Waals surface area contributed by atoms with Gasteiger partial charge in [-0.05, 0) is 18.4 Å². The van der Waals surface area contributed by atoms with Gasteiger partial charge in [-0.1, -0.05) is 48.5 Å². The lowest BCUT2D eigenvalue weighted by Crippen LogP contribution is -2.04. The van der Waals surface area contributed by atoms with Gasteiger partial charge in [-0.3, -0.25) is 4.79 Å². The minimum absolute atomic E-state index is 0.102. The molecule has 2 aromatic carbocycles. The van der Waals surface area contributed by atoms with Gasteiger partial charge in [0.25, 0.3) is 0 Å². The second kappa shape index (κ2) is 6.90. The van der Waals surface area contributed by atoms with Gasteiger partial charge in [-0.2, -0.15) is 0 Å². The summed E-state index contributed by atoms with van der Waals surface area (Å²) in [6, 6.07) is 19.0. The number of hydrogen-bond donors (Lipinski definition) is 0. The van der Waals surface area contributed by atoms with Crippen LogP contribution in [0.2, 0.25) is 0 Å². The largest absolute Gasteiger partial charge is 0.294 e. The average Bonchev–Trinajstić information content (AvgIpc) is 2.48. The van der Waals surface area contributed by atoms with Crippen molar-refractivity contribution in [3.8, 4) is 0 Å². The number of thioether (sulfide) groups is 1. The number of carbonyl (C=O) groups is 1. The topological polar surface area (TPSA) is 29.4 Å². The first kappa shape index (κ1) is 13.6. The third kappa shape index (κ3) is 4.07. The molecule has 0 amide bonds. The molecule has 0 unspecified atom stereocenters. The van der Waals surface area contributed by atoms with Crippen molar-refractivity contribution in [2.24, 2.45) is 4.99 Å². The Hall–Kier alpha value is -1.87. The number of nitrogens with zero attached hydrogens (tertiary/aromatic N) is 1. The lowest BCUT2D eigenvalue weighted by atomic mass is 10.1. The molecule has 0 saturated carbocycles. The number of benzene rings is 2. The summed E-state index contributed by atoms with van der Waals surface area (Å²) < 4.78 is 0. The van der Waals surface area contributed by atoms with Gasteiger partial charge in [0.15, 0.2) is 5.78 Å². The van der Waals surface area contributed by atoms with E-state index < -0.39 is 0 Å². The molecule has 2 rings (SSSR count). The second-order valence-electron chi connectivity index (χ2n) is 4.01. The Labute approximate surface area is 117 Å². The lowest BCUT2D eigenvalue weighted by Gasteiger charge is -2.03. The maximum atomic E-state index is 12.1. The van der Waals surface area contributed by atoms with E-state index in [4.69, 9.17) is 0 Å². The summed E-state index contributed by atoms with van der Waals surface area (Å²) >= 11 is 1.52. The van der Waals surface area contributed by atoms with E-state index in [1.54, 1.807) is 0 Å². The third-order valence-electron chi connectivity index (χ3n) is 2.65. The summed E-state index contributed by atoms with van der Waals surface area (Å²) in [6.45, 7) is 0. The Morgan fingerprint density at radius 2 is 1.58 bits per heavy atom. The third-order valence-corrected chi connectivity index (χ3v) is 3.36. The normalized spacial score (nSPS) is 11.3. The monoisotopic (exact) mass is 269 g/mol. The molecule has 0 N–H and O–H groups in total. The first-order valence-electron chi connectivity index (χ1n) is 6.04. The predicted octanol–water partition coefficient (Wildman–Crippen LogP) is 4.35. The van der Waals surface area contributed by atoms with Gasteiger partial charge in [0.05, 0.1) is 17.2 Å².